The molecule has 2 heteroatoms. The van der Waals surface area contributed by atoms with Crippen molar-refractivity contribution in [3.8, 4) is 5.75 Å². The van der Waals surface area contributed by atoms with E-state index in [4.69, 9.17) is 4.74 Å². The van der Waals surface area contributed by atoms with E-state index in [-0.39, 0.29) is 0 Å². The van der Waals surface area contributed by atoms with Crippen LogP contribution in [0.3, 0.4) is 0 Å². The zero-order valence-corrected chi connectivity index (χ0v) is 12.4. The molecule has 0 aliphatic rings. The minimum Gasteiger partial charge on any atom is -0.493 e. The van der Waals surface area contributed by atoms with Crippen LogP contribution in [0.5, 0.6) is 5.75 Å². The van der Waals surface area contributed by atoms with E-state index < -0.39 is 5.60 Å². The summed E-state index contributed by atoms with van der Waals surface area (Å²) < 4.78 is 5.63. The third kappa shape index (κ3) is 2.86. The minimum atomic E-state index is -1.06. The Kier molecular flexibility index (Phi) is 4.46. The Balaban J connectivity index is 2.42. The van der Waals surface area contributed by atoms with Crippen molar-refractivity contribution >= 4 is 0 Å². The van der Waals surface area contributed by atoms with Crippen LogP contribution in [-0.2, 0) is 12.0 Å². The van der Waals surface area contributed by atoms with Crippen LogP contribution in [-0.4, -0.2) is 11.7 Å². The fourth-order valence-electron chi connectivity index (χ4n) is 2.37. The van der Waals surface area contributed by atoms with Gasteiger partial charge in [-0.3, -0.25) is 0 Å². The number of para-hydroxylation sites is 1. The van der Waals surface area contributed by atoms with Crippen molar-refractivity contribution in [2.24, 2.45) is 0 Å². The first kappa shape index (κ1) is 14.6. The smallest absolute Gasteiger partial charge is 0.125 e. The molecule has 1 atom stereocenters. The summed E-state index contributed by atoms with van der Waals surface area (Å²) in [5.41, 5.74) is 1.88. The second-order valence-electron chi connectivity index (χ2n) is 5.05. The lowest BCUT2D eigenvalue weighted by molar-refractivity contribution is 0.0981. The van der Waals surface area contributed by atoms with Gasteiger partial charge in [-0.15, -0.1) is 0 Å². The summed E-state index contributed by atoms with van der Waals surface area (Å²) >= 11 is 0. The van der Waals surface area contributed by atoms with Gasteiger partial charge in [0, 0.05) is 5.56 Å². The summed E-state index contributed by atoms with van der Waals surface area (Å²) in [6, 6.07) is 15.8. The standard InChI is InChI=1S/C18H22O2/c1-4-14-10-12-15(13-11-14)18(3,19)16-8-6-7-9-17(16)20-5-2/h6-13,19H,4-5H2,1-3H3. The lowest BCUT2D eigenvalue weighted by atomic mass is 9.87. The highest BCUT2D eigenvalue weighted by Crippen LogP contribution is 2.35. The van der Waals surface area contributed by atoms with Crippen LogP contribution in [0.4, 0.5) is 0 Å². The van der Waals surface area contributed by atoms with E-state index in [0.717, 1.165) is 23.3 Å². The van der Waals surface area contributed by atoms with Gasteiger partial charge in [0.05, 0.1) is 6.61 Å². The van der Waals surface area contributed by atoms with E-state index in [0.29, 0.717) is 6.61 Å². The quantitative estimate of drug-likeness (QED) is 0.892. The molecule has 0 saturated heterocycles. The van der Waals surface area contributed by atoms with Gasteiger partial charge < -0.3 is 9.84 Å². The predicted molar refractivity (Wildman–Crippen MR) is 82.1 cm³/mol. The maximum atomic E-state index is 10.9. The third-order valence-electron chi connectivity index (χ3n) is 3.64. The van der Waals surface area contributed by atoms with Crippen LogP contribution in [0.2, 0.25) is 0 Å². The Morgan fingerprint density at radius 2 is 1.65 bits per heavy atom. The Morgan fingerprint density at radius 1 is 1.00 bits per heavy atom. The van der Waals surface area contributed by atoms with Crippen molar-refractivity contribution in [3.05, 3.63) is 65.2 Å². The molecule has 0 heterocycles. The molecule has 1 N–H and O–H groups in total. The van der Waals surface area contributed by atoms with Crippen molar-refractivity contribution in [2.75, 3.05) is 6.61 Å². The van der Waals surface area contributed by atoms with Crippen LogP contribution in [0.1, 0.15) is 37.5 Å². The predicted octanol–water partition coefficient (Wildman–Crippen LogP) is 3.90. The number of rotatable bonds is 5. The average molecular weight is 270 g/mol. The number of aryl methyl sites for hydroxylation is 1. The van der Waals surface area contributed by atoms with Gasteiger partial charge in [-0.2, -0.15) is 0 Å². The maximum absolute atomic E-state index is 10.9. The molecule has 0 saturated carbocycles. The molecule has 0 aliphatic heterocycles. The molecule has 1 unspecified atom stereocenters. The maximum Gasteiger partial charge on any atom is 0.125 e. The van der Waals surface area contributed by atoms with Crippen molar-refractivity contribution in [1.29, 1.82) is 0 Å². The van der Waals surface area contributed by atoms with Gasteiger partial charge in [0.1, 0.15) is 11.4 Å². The number of hydrogen-bond acceptors (Lipinski definition) is 2. The second kappa shape index (κ2) is 6.10. The van der Waals surface area contributed by atoms with Gasteiger partial charge in [0.15, 0.2) is 0 Å². The SMILES string of the molecule is CCOc1ccccc1C(C)(O)c1ccc(CC)cc1. The average Bonchev–Trinajstić information content (AvgIpc) is 2.48. The molecule has 0 spiro atoms. The van der Waals surface area contributed by atoms with E-state index >= 15 is 0 Å². The summed E-state index contributed by atoms with van der Waals surface area (Å²) in [5.74, 6) is 0.736. The van der Waals surface area contributed by atoms with Gasteiger partial charge >= 0.3 is 0 Å². The normalized spacial score (nSPS) is 13.8. The molecule has 0 aromatic heterocycles. The number of aliphatic hydroxyl groups is 1. The molecule has 0 amide bonds. The van der Waals surface area contributed by atoms with Crippen molar-refractivity contribution in [3.63, 3.8) is 0 Å². The molecule has 0 fully saturated rings. The molecule has 2 aromatic carbocycles. The molecular formula is C18H22O2. The van der Waals surface area contributed by atoms with E-state index in [9.17, 15) is 5.11 Å². The van der Waals surface area contributed by atoms with Crippen LogP contribution >= 0.6 is 0 Å². The zero-order valence-electron chi connectivity index (χ0n) is 12.4. The van der Waals surface area contributed by atoms with Crippen LogP contribution < -0.4 is 4.74 Å². The molecule has 2 nitrogen and oxygen atoms in total. The Labute approximate surface area is 121 Å². The highest BCUT2D eigenvalue weighted by molar-refractivity contribution is 5.44. The Morgan fingerprint density at radius 3 is 2.25 bits per heavy atom. The number of benzene rings is 2. The fourth-order valence-corrected chi connectivity index (χ4v) is 2.37. The van der Waals surface area contributed by atoms with Crippen molar-refractivity contribution in [2.45, 2.75) is 32.8 Å². The summed E-state index contributed by atoms with van der Waals surface area (Å²) in [6.45, 7) is 6.47. The highest BCUT2D eigenvalue weighted by Gasteiger charge is 2.28. The van der Waals surface area contributed by atoms with Gasteiger partial charge in [0.25, 0.3) is 0 Å². The van der Waals surface area contributed by atoms with Gasteiger partial charge in [0.2, 0.25) is 0 Å². The highest BCUT2D eigenvalue weighted by atomic mass is 16.5. The lowest BCUT2D eigenvalue weighted by Crippen LogP contribution is -2.23. The summed E-state index contributed by atoms with van der Waals surface area (Å²) in [6.07, 6.45) is 0.998. The molecule has 2 rings (SSSR count). The number of ether oxygens (including phenoxy) is 1. The molecule has 2 aromatic rings. The first-order chi connectivity index (χ1) is 9.59. The van der Waals surface area contributed by atoms with Crippen molar-refractivity contribution in [1.82, 2.24) is 0 Å². The van der Waals surface area contributed by atoms with E-state index in [1.54, 1.807) is 0 Å². The minimum absolute atomic E-state index is 0.585. The molecule has 0 radical (unpaired) electrons. The first-order valence-corrected chi connectivity index (χ1v) is 7.13. The monoisotopic (exact) mass is 270 g/mol. The zero-order chi connectivity index (χ0) is 14.6. The fraction of sp³-hybridized carbons (Fsp3) is 0.333. The Bertz CT molecular complexity index is 556. The van der Waals surface area contributed by atoms with Crippen LogP contribution in [0.25, 0.3) is 0 Å². The summed E-state index contributed by atoms with van der Waals surface area (Å²) in [4.78, 5) is 0. The Hall–Kier alpha value is -1.80. The topological polar surface area (TPSA) is 29.5 Å². The first-order valence-electron chi connectivity index (χ1n) is 7.13. The molecule has 20 heavy (non-hydrogen) atoms. The van der Waals surface area contributed by atoms with Crippen LogP contribution in [0, 0.1) is 0 Å². The molecule has 0 bridgehead atoms. The summed E-state index contributed by atoms with van der Waals surface area (Å²) in [5, 5.41) is 10.9. The third-order valence-corrected chi connectivity index (χ3v) is 3.64. The second-order valence-corrected chi connectivity index (χ2v) is 5.05. The largest absolute Gasteiger partial charge is 0.493 e. The van der Waals surface area contributed by atoms with Gasteiger partial charge in [-0.1, -0.05) is 49.4 Å². The van der Waals surface area contributed by atoms with Gasteiger partial charge in [-0.05, 0) is 37.5 Å². The van der Waals surface area contributed by atoms with Crippen LogP contribution in [0.15, 0.2) is 48.5 Å². The van der Waals surface area contributed by atoms with E-state index in [2.05, 4.69) is 19.1 Å². The van der Waals surface area contributed by atoms with Crippen molar-refractivity contribution < 1.29 is 9.84 Å². The van der Waals surface area contributed by atoms with E-state index in [1.165, 1.54) is 5.56 Å². The van der Waals surface area contributed by atoms with E-state index in [1.807, 2.05) is 50.2 Å². The molecule has 106 valence electrons. The molecular weight excluding hydrogens is 248 g/mol. The summed E-state index contributed by atoms with van der Waals surface area (Å²) in [7, 11) is 0. The molecule has 0 aliphatic carbocycles. The number of hydrogen-bond donors (Lipinski definition) is 1. The van der Waals surface area contributed by atoms with Gasteiger partial charge in [-0.25, -0.2) is 0 Å². The lowest BCUT2D eigenvalue weighted by Gasteiger charge is -2.27.